The van der Waals surface area contributed by atoms with Crippen molar-refractivity contribution in [2.24, 2.45) is 0 Å². The number of nitrogens with zero attached hydrogens (tertiary/aromatic N) is 1. The van der Waals surface area contributed by atoms with Crippen LogP contribution in [-0.4, -0.2) is 43.8 Å². The number of amides is 2. The van der Waals surface area contributed by atoms with Gasteiger partial charge in [-0.1, -0.05) is 6.07 Å². The van der Waals surface area contributed by atoms with E-state index < -0.39 is 0 Å². The third kappa shape index (κ3) is 4.57. The predicted molar refractivity (Wildman–Crippen MR) is 88.4 cm³/mol. The van der Waals surface area contributed by atoms with Gasteiger partial charge >= 0.3 is 6.03 Å². The zero-order valence-electron chi connectivity index (χ0n) is 12.9. The number of urea groups is 1. The van der Waals surface area contributed by atoms with Gasteiger partial charge in [-0.2, -0.15) is 0 Å². The van der Waals surface area contributed by atoms with Gasteiger partial charge < -0.3 is 19.8 Å². The summed E-state index contributed by atoms with van der Waals surface area (Å²) in [7, 11) is 0. The second-order valence-electron chi connectivity index (χ2n) is 5.32. The number of ether oxygens (including phenoxy) is 1. The molecule has 1 atom stereocenters. The Hall–Kier alpha value is -1.83. The average Bonchev–Trinajstić information content (AvgIpc) is 3.28. The van der Waals surface area contributed by atoms with E-state index in [2.05, 4.69) is 27.0 Å². The van der Waals surface area contributed by atoms with E-state index >= 15 is 0 Å². The minimum Gasteiger partial charge on any atom is -0.467 e. The largest absolute Gasteiger partial charge is 0.467 e. The van der Waals surface area contributed by atoms with Crippen LogP contribution in [0, 0.1) is 0 Å². The zero-order chi connectivity index (χ0) is 15.9. The Morgan fingerprint density at radius 1 is 1.26 bits per heavy atom. The number of morpholine rings is 1. The molecule has 1 fully saturated rings. The standard InChI is InChI=1S/C16H21N3O3S/c20-16(17-11-13-3-1-7-22-13)18-12-14(15-4-2-10-23-15)19-5-8-21-9-6-19/h1-4,7,10,14H,5-6,8-9,11-12H2,(H2,17,18,20). The maximum Gasteiger partial charge on any atom is 0.315 e. The van der Waals surface area contributed by atoms with Gasteiger partial charge in [-0.25, -0.2) is 4.79 Å². The van der Waals surface area contributed by atoms with E-state index in [1.54, 1.807) is 23.7 Å². The van der Waals surface area contributed by atoms with E-state index in [0.29, 0.717) is 13.1 Å². The molecular weight excluding hydrogens is 314 g/mol. The molecule has 0 saturated carbocycles. The van der Waals surface area contributed by atoms with E-state index in [1.165, 1.54) is 4.88 Å². The highest BCUT2D eigenvalue weighted by Gasteiger charge is 2.23. The summed E-state index contributed by atoms with van der Waals surface area (Å²) in [5.41, 5.74) is 0. The fourth-order valence-electron chi connectivity index (χ4n) is 2.61. The molecule has 0 aromatic carbocycles. The van der Waals surface area contributed by atoms with Crippen molar-refractivity contribution in [2.45, 2.75) is 12.6 Å². The molecule has 0 radical (unpaired) electrons. The van der Waals surface area contributed by atoms with Crippen LogP contribution in [-0.2, 0) is 11.3 Å². The molecule has 1 aliphatic heterocycles. The van der Waals surface area contributed by atoms with E-state index in [0.717, 1.165) is 32.1 Å². The first-order valence-electron chi connectivity index (χ1n) is 7.72. The summed E-state index contributed by atoms with van der Waals surface area (Å²) in [6.07, 6.45) is 1.60. The fourth-order valence-corrected chi connectivity index (χ4v) is 3.47. The number of hydrogen-bond acceptors (Lipinski definition) is 5. The summed E-state index contributed by atoms with van der Waals surface area (Å²) in [5.74, 6) is 0.739. The molecule has 2 aromatic rings. The van der Waals surface area contributed by atoms with Crippen LogP contribution in [0.5, 0.6) is 0 Å². The van der Waals surface area contributed by atoms with E-state index in [4.69, 9.17) is 9.15 Å². The van der Waals surface area contributed by atoms with E-state index in [9.17, 15) is 4.79 Å². The quantitative estimate of drug-likeness (QED) is 0.849. The number of nitrogens with one attached hydrogen (secondary N) is 2. The Morgan fingerprint density at radius 2 is 2.13 bits per heavy atom. The molecule has 3 heterocycles. The lowest BCUT2D eigenvalue weighted by Crippen LogP contribution is -2.45. The van der Waals surface area contributed by atoms with Crippen LogP contribution < -0.4 is 10.6 Å². The molecule has 0 spiro atoms. The van der Waals surface area contributed by atoms with Gasteiger partial charge in [0.1, 0.15) is 5.76 Å². The van der Waals surface area contributed by atoms with Crippen LogP contribution in [0.1, 0.15) is 16.7 Å². The lowest BCUT2D eigenvalue weighted by molar-refractivity contribution is 0.0174. The number of carbonyl (C=O) groups is 1. The van der Waals surface area contributed by atoms with Gasteiger partial charge in [-0.3, -0.25) is 4.90 Å². The molecule has 0 bridgehead atoms. The van der Waals surface area contributed by atoms with Crippen molar-refractivity contribution >= 4 is 17.4 Å². The van der Waals surface area contributed by atoms with Gasteiger partial charge in [0, 0.05) is 24.5 Å². The Balaban J connectivity index is 1.52. The summed E-state index contributed by atoms with van der Waals surface area (Å²) < 4.78 is 10.6. The van der Waals surface area contributed by atoms with Crippen LogP contribution in [0.15, 0.2) is 40.3 Å². The predicted octanol–water partition coefficient (Wildman–Crippen LogP) is 2.21. The summed E-state index contributed by atoms with van der Waals surface area (Å²) in [5, 5.41) is 7.84. The molecule has 124 valence electrons. The first-order valence-corrected chi connectivity index (χ1v) is 8.60. The maximum absolute atomic E-state index is 12.0. The summed E-state index contributed by atoms with van der Waals surface area (Å²) >= 11 is 1.72. The van der Waals surface area contributed by atoms with Gasteiger partial charge in [-0.05, 0) is 23.6 Å². The number of thiophene rings is 1. The summed E-state index contributed by atoms with van der Waals surface area (Å²) in [4.78, 5) is 15.6. The molecular formula is C16H21N3O3S. The fraction of sp³-hybridized carbons (Fsp3) is 0.438. The van der Waals surface area contributed by atoms with Gasteiger partial charge in [0.2, 0.25) is 0 Å². The van der Waals surface area contributed by atoms with Gasteiger partial charge in [0.25, 0.3) is 0 Å². The van der Waals surface area contributed by atoms with Crippen LogP contribution in [0.3, 0.4) is 0 Å². The highest BCUT2D eigenvalue weighted by Crippen LogP contribution is 2.25. The second kappa shape index (κ2) is 8.14. The summed E-state index contributed by atoms with van der Waals surface area (Å²) in [6, 6.07) is 7.81. The molecule has 2 N–H and O–H groups in total. The zero-order valence-corrected chi connectivity index (χ0v) is 13.7. The lowest BCUT2D eigenvalue weighted by Gasteiger charge is -2.34. The third-order valence-electron chi connectivity index (χ3n) is 3.82. The number of hydrogen-bond donors (Lipinski definition) is 2. The Bertz CT molecular complexity index is 580. The van der Waals surface area contributed by atoms with Crippen LogP contribution in [0.25, 0.3) is 0 Å². The molecule has 2 amide bonds. The number of rotatable bonds is 6. The molecule has 6 nitrogen and oxygen atoms in total. The van der Waals surface area contributed by atoms with Crippen molar-refractivity contribution in [3.05, 3.63) is 46.5 Å². The Kier molecular flexibility index (Phi) is 5.68. The molecule has 3 rings (SSSR count). The molecule has 2 aromatic heterocycles. The molecule has 7 heteroatoms. The maximum atomic E-state index is 12.0. The van der Waals surface area contributed by atoms with Gasteiger partial charge in [0.15, 0.2) is 0 Å². The smallest absolute Gasteiger partial charge is 0.315 e. The van der Waals surface area contributed by atoms with Gasteiger partial charge in [-0.15, -0.1) is 11.3 Å². The Labute approximate surface area is 139 Å². The first-order chi connectivity index (χ1) is 11.3. The number of carbonyl (C=O) groups excluding carboxylic acids is 1. The van der Waals surface area contributed by atoms with Crippen molar-refractivity contribution in [1.82, 2.24) is 15.5 Å². The minimum absolute atomic E-state index is 0.184. The van der Waals surface area contributed by atoms with Crippen molar-refractivity contribution in [1.29, 1.82) is 0 Å². The highest BCUT2D eigenvalue weighted by atomic mass is 32.1. The topological polar surface area (TPSA) is 66.7 Å². The molecule has 1 saturated heterocycles. The summed E-state index contributed by atoms with van der Waals surface area (Å²) in [6.45, 7) is 4.22. The highest BCUT2D eigenvalue weighted by molar-refractivity contribution is 7.10. The van der Waals surface area contributed by atoms with Gasteiger partial charge in [0.05, 0.1) is 32.1 Å². The SMILES string of the molecule is O=C(NCc1ccco1)NCC(c1cccs1)N1CCOCC1. The van der Waals surface area contributed by atoms with Crippen molar-refractivity contribution < 1.29 is 13.9 Å². The normalized spacial score (nSPS) is 16.9. The van der Waals surface area contributed by atoms with Crippen LogP contribution >= 0.6 is 11.3 Å². The molecule has 0 aliphatic carbocycles. The minimum atomic E-state index is -0.184. The first kappa shape index (κ1) is 16.0. The van der Waals surface area contributed by atoms with Crippen molar-refractivity contribution in [2.75, 3.05) is 32.8 Å². The lowest BCUT2D eigenvalue weighted by atomic mass is 10.2. The Morgan fingerprint density at radius 3 is 2.83 bits per heavy atom. The van der Waals surface area contributed by atoms with Crippen molar-refractivity contribution in [3.63, 3.8) is 0 Å². The van der Waals surface area contributed by atoms with Crippen LogP contribution in [0.2, 0.25) is 0 Å². The monoisotopic (exact) mass is 335 g/mol. The second-order valence-corrected chi connectivity index (χ2v) is 6.30. The number of furan rings is 1. The van der Waals surface area contributed by atoms with Crippen LogP contribution in [0.4, 0.5) is 4.79 Å². The van der Waals surface area contributed by atoms with E-state index in [1.807, 2.05) is 12.1 Å². The van der Waals surface area contributed by atoms with Crippen molar-refractivity contribution in [3.8, 4) is 0 Å². The van der Waals surface area contributed by atoms with E-state index in [-0.39, 0.29) is 12.1 Å². The third-order valence-corrected chi connectivity index (χ3v) is 4.79. The molecule has 1 aliphatic rings. The average molecular weight is 335 g/mol. The molecule has 23 heavy (non-hydrogen) atoms. The molecule has 1 unspecified atom stereocenters.